The van der Waals surface area contributed by atoms with Crippen molar-refractivity contribution < 1.29 is 4.39 Å². The predicted octanol–water partition coefficient (Wildman–Crippen LogP) is 3.66. The highest BCUT2D eigenvalue weighted by Crippen LogP contribution is 2.43. The Morgan fingerprint density at radius 2 is 1.86 bits per heavy atom. The van der Waals surface area contributed by atoms with Crippen molar-refractivity contribution in [3.05, 3.63) is 59.9 Å². The number of hydrogen-bond donors (Lipinski definition) is 2. The van der Waals surface area contributed by atoms with Crippen molar-refractivity contribution in [2.24, 2.45) is 0 Å². The van der Waals surface area contributed by atoms with E-state index in [1.54, 1.807) is 6.07 Å². The lowest BCUT2D eigenvalue weighted by Gasteiger charge is -2.11. The molecular weight excluding hydrogens is 263 g/mol. The van der Waals surface area contributed by atoms with Gasteiger partial charge in [-0.3, -0.25) is 0 Å². The lowest BCUT2D eigenvalue weighted by molar-refractivity contribution is 0.631. The lowest BCUT2D eigenvalue weighted by atomic mass is 9.92. The van der Waals surface area contributed by atoms with Crippen LogP contribution in [-0.2, 0) is 0 Å². The fourth-order valence-corrected chi connectivity index (χ4v) is 3.33. The van der Waals surface area contributed by atoms with Crippen LogP contribution in [0.4, 0.5) is 10.1 Å². The van der Waals surface area contributed by atoms with Gasteiger partial charge in [-0.1, -0.05) is 36.4 Å². The van der Waals surface area contributed by atoms with Crippen LogP contribution in [0.1, 0.15) is 12.0 Å². The summed E-state index contributed by atoms with van der Waals surface area (Å²) < 4.78 is 14.2. The molecule has 106 valence electrons. The zero-order chi connectivity index (χ0) is 14.2. The summed E-state index contributed by atoms with van der Waals surface area (Å²) in [4.78, 5) is 0. The number of halogens is 1. The van der Waals surface area contributed by atoms with Crippen LogP contribution in [0.5, 0.6) is 0 Å². The molecule has 2 nitrogen and oxygen atoms in total. The summed E-state index contributed by atoms with van der Waals surface area (Å²) in [5.41, 5.74) is 5.24. The number of benzene rings is 2. The highest BCUT2D eigenvalue weighted by molar-refractivity contribution is 5.95. The van der Waals surface area contributed by atoms with Crippen LogP contribution in [-0.4, -0.2) is 19.1 Å². The molecule has 0 amide bonds. The second-order valence-electron chi connectivity index (χ2n) is 5.56. The van der Waals surface area contributed by atoms with E-state index >= 15 is 0 Å². The fourth-order valence-electron chi connectivity index (χ4n) is 3.33. The van der Waals surface area contributed by atoms with E-state index in [-0.39, 0.29) is 5.82 Å². The van der Waals surface area contributed by atoms with Crippen molar-refractivity contribution in [1.82, 2.24) is 5.32 Å². The Hall–Kier alpha value is -2.13. The number of anilines is 1. The molecule has 0 bridgehead atoms. The van der Waals surface area contributed by atoms with Gasteiger partial charge >= 0.3 is 0 Å². The van der Waals surface area contributed by atoms with Crippen molar-refractivity contribution in [1.29, 1.82) is 0 Å². The molecule has 2 N–H and O–H groups in total. The maximum Gasteiger partial charge on any atom is 0.131 e. The largest absolute Gasteiger partial charge is 0.378 e. The maximum absolute atomic E-state index is 14.2. The molecule has 0 aromatic heterocycles. The summed E-state index contributed by atoms with van der Waals surface area (Å²) in [6.45, 7) is 1.87. The standard InChI is InChI=1S/C18H17FN2/c19-15-6-2-1-4-12(15)13-5-3-7-17-18(13)14-8-10-20-11-9-16(14)21-17/h1-8,16,20-21H,9-11H2. The van der Waals surface area contributed by atoms with Crippen LogP contribution in [0.25, 0.3) is 16.7 Å². The summed E-state index contributed by atoms with van der Waals surface area (Å²) in [7, 11) is 0. The molecule has 2 aromatic carbocycles. The number of nitrogens with one attached hydrogen (secondary N) is 2. The summed E-state index contributed by atoms with van der Waals surface area (Å²) in [6.07, 6.45) is 3.29. The minimum Gasteiger partial charge on any atom is -0.378 e. The van der Waals surface area contributed by atoms with E-state index in [1.165, 1.54) is 11.6 Å². The highest BCUT2D eigenvalue weighted by Gasteiger charge is 2.29. The topological polar surface area (TPSA) is 24.1 Å². The Balaban J connectivity index is 1.92. The third kappa shape index (κ3) is 2.05. The Bertz CT molecular complexity index is 721. The lowest BCUT2D eigenvalue weighted by Crippen LogP contribution is -2.19. The molecule has 2 aromatic rings. The molecule has 1 unspecified atom stereocenters. The molecule has 0 spiro atoms. The van der Waals surface area contributed by atoms with Crippen molar-refractivity contribution in [2.75, 3.05) is 18.4 Å². The van der Waals surface area contributed by atoms with E-state index < -0.39 is 0 Å². The number of rotatable bonds is 1. The van der Waals surface area contributed by atoms with Gasteiger partial charge in [-0.25, -0.2) is 4.39 Å². The normalized spacial score (nSPS) is 20.0. The van der Waals surface area contributed by atoms with E-state index in [4.69, 9.17) is 0 Å². The van der Waals surface area contributed by atoms with Gasteiger partial charge < -0.3 is 10.6 Å². The van der Waals surface area contributed by atoms with Gasteiger partial charge in [0, 0.05) is 23.4 Å². The molecule has 0 radical (unpaired) electrons. The van der Waals surface area contributed by atoms with Gasteiger partial charge in [0.25, 0.3) is 0 Å². The quantitative estimate of drug-likeness (QED) is 0.833. The minimum atomic E-state index is -0.165. The van der Waals surface area contributed by atoms with Gasteiger partial charge in [-0.15, -0.1) is 0 Å². The summed E-state index contributed by atoms with van der Waals surface area (Å²) >= 11 is 0. The van der Waals surface area contributed by atoms with Crippen molar-refractivity contribution >= 4 is 11.3 Å². The van der Waals surface area contributed by atoms with E-state index in [0.29, 0.717) is 11.6 Å². The zero-order valence-corrected chi connectivity index (χ0v) is 11.7. The zero-order valence-electron chi connectivity index (χ0n) is 11.7. The van der Waals surface area contributed by atoms with Gasteiger partial charge in [0.2, 0.25) is 0 Å². The molecule has 0 saturated carbocycles. The van der Waals surface area contributed by atoms with Crippen LogP contribution in [0.3, 0.4) is 0 Å². The van der Waals surface area contributed by atoms with Gasteiger partial charge in [-0.05, 0) is 36.2 Å². The van der Waals surface area contributed by atoms with Crippen LogP contribution >= 0.6 is 0 Å². The summed E-state index contributed by atoms with van der Waals surface area (Å²) in [5.74, 6) is -0.165. The summed E-state index contributed by atoms with van der Waals surface area (Å²) in [6, 6.07) is 13.4. The van der Waals surface area contributed by atoms with Gasteiger partial charge in [0.15, 0.2) is 0 Å². The Kier molecular flexibility index (Phi) is 3.00. The molecule has 1 atom stereocenters. The van der Waals surface area contributed by atoms with Crippen LogP contribution < -0.4 is 10.6 Å². The van der Waals surface area contributed by atoms with Crippen LogP contribution in [0.15, 0.2) is 48.5 Å². The number of hydrogen-bond acceptors (Lipinski definition) is 2. The molecule has 2 heterocycles. The van der Waals surface area contributed by atoms with E-state index in [1.807, 2.05) is 24.3 Å². The van der Waals surface area contributed by atoms with Gasteiger partial charge in [-0.2, -0.15) is 0 Å². The SMILES string of the molecule is Fc1ccccc1-c1cccc2c1C1=CCNCCC1N2. The van der Waals surface area contributed by atoms with Crippen molar-refractivity contribution in [3.63, 3.8) is 0 Å². The first kappa shape index (κ1) is 12.6. The summed E-state index contributed by atoms with van der Waals surface area (Å²) in [5, 5.41) is 6.96. The molecule has 0 aliphatic carbocycles. The highest BCUT2D eigenvalue weighted by atomic mass is 19.1. The maximum atomic E-state index is 14.2. The van der Waals surface area contributed by atoms with E-state index in [0.717, 1.165) is 36.3 Å². The first-order chi connectivity index (χ1) is 10.3. The molecule has 2 aliphatic heterocycles. The second kappa shape index (κ2) is 5.01. The van der Waals surface area contributed by atoms with E-state index in [2.05, 4.69) is 22.8 Å². The van der Waals surface area contributed by atoms with Crippen molar-refractivity contribution in [3.8, 4) is 11.1 Å². The molecule has 4 rings (SSSR count). The molecule has 2 aliphatic rings. The first-order valence-electron chi connectivity index (χ1n) is 7.40. The minimum absolute atomic E-state index is 0.165. The van der Waals surface area contributed by atoms with E-state index in [9.17, 15) is 4.39 Å². The Morgan fingerprint density at radius 3 is 2.76 bits per heavy atom. The first-order valence-corrected chi connectivity index (χ1v) is 7.40. The molecular formula is C18H17FN2. The predicted molar refractivity (Wildman–Crippen MR) is 84.7 cm³/mol. The molecule has 3 heteroatoms. The molecule has 21 heavy (non-hydrogen) atoms. The molecule has 0 saturated heterocycles. The second-order valence-corrected chi connectivity index (χ2v) is 5.56. The van der Waals surface area contributed by atoms with Crippen LogP contribution in [0, 0.1) is 5.82 Å². The number of fused-ring (bicyclic) bond motifs is 3. The third-order valence-corrected chi connectivity index (χ3v) is 4.30. The smallest absolute Gasteiger partial charge is 0.131 e. The van der Waals surface area contributed by atoms with Gasteiger partial charge in [0.1, 0.15) is 5.82 Å². The van der Waals surface area contributed by atoms with Crippen molar-refractivity contribution in [2.45, 2.75) is 12.5 Å². The monoisotopic (exact) mass is 280 g/mol. The Labute approximate surface area is 123 Å². The molecule has 0 fully saturated rings. The third-order valence-electron chi connectivity index (χ3n) is 4.30. The Morgan fingerprint density at radius 1 is 1.00 bits per heavy atom. The van der Waals surface area contributed by atoms with Crippen LogP contribution in [0.2, 0.25) is 0 Å². The average molecular weight is 280 g/mol. The fraction of sp³-hybridized carbons (Fsp3) is 0.222. The average Bonchev–Trinajstić information content (AvgIpc) is 2.70. The van der Waals surface area contributed by atoms with Gasteiger partial charge in [0.05, 0.1) is 6.04 Å².